The van der Waals surface area contributed by atoms with Gasteiger partial charge in [-0.1, -0.05) is 28.1 Å². The van der Waals surface area contributed by atoms with E-state index in [1.165, 1.54) is 19.2 Å². The van der Waals surface area contributed by atoms with E-state index in [1.807, 2.05) is 24.3 Å². The molecule has 2 N–H and O–H groups in total. The van der Waals surface area contributed by atoms with Gasteiger partial charge < -0.3 is 9.84 Å². The van der Waals surface area contributed by atoms with Gasteiger partial charge in [-0.3, -0.25) is 19.6 Å². The average Bonchev–Trinajstić information content (AvgIpc) is 3.17. The number of methoxy groups -OCH3 is 1. The number of nitrogens with one attached hydrogen (secondary N) is 1. The van der Waals surface area contributed by atoms with Crippen molar-refractivity contribution in [1.82, 2.24) is 15.2 Å². The van der Waals surface area contributed by atoms with Gasteiger partial charge >= 0.3 is 5.69 Å². The number of hydrogen-bond donors (Lipinski definition) is 2. The van der Waals surface area contributed by atoms with Gasteiger partial charge in [0, 0.05) is 16.2 Å². The van der Waals surface area contributed by atoms with E-state index in [2.05, 4.69) is 31.6 Å². The molecule has 3 rings (SSSR count). The standard InChI is InChI=1S/C19H16BrN5O5/c1-30-15-8-13(18(26)17(9-15)25(28)29)10-21-22-19(27)16-5-6-24(23-16)11-12-3-2-4-14(20)7-12/h2-10,26H,11H2,1H3,(H,22,27)/b21-10+. The molecule has 0 aliphatic heterocycles. The maximum atomic E-state index is 12.2. The molecule has 2 aromatic carbocycles. The molecule has 0 saturated carbocycles. The summed E-state index contributed by atoms with van der Waals surface area (Å²) < 4.78 is 7.53. The molecule has 10 nitrogen and oxygen atoms in total. The molecule has 0 aliphatic carbocycles. The van der Waals surface area contributed by atoms with Crippen molar-refractivity contribution in [2.24, 2.45) is 5.10 Å². The predicted octanol–water partition coefficient (Wildman–Crippen LogP) is 3.08. The van der Waals surface area contributed by atoms with Gasteiger partial charge in [-0.05, 0) is 29.8 Å². The topological polar surface area (TPSA) is 132 Å². The summed E-state index contributed by atoms with van der Waals surface area (Å²) >= 11 is 3.41. The molecule has 0 unspecified atom stereocenters. The smallest absolute Gasteiger partial charge is 0.315 e. The molecule has 0 aliphatic rings. The monoisotopic (exact) mass is 473 g/mol. The number of ether oxygens (including phenoxy) is 1. The second kappa shape index (κ2) is 9.18. The fourth-order valence-electron chi connectivity index (χ4n) is 2.58. The van der Waals surface area contributed by atoms with Crippen LogP contribution >= 0.6 is 15.9 Å². The SMILES string of the molecule is COc1cc(/C=N/NC(=O)c2ccn(Cc3cccc(Br)c3)n2)c(O)c([N+](=O)[O-])c1. The van der Waals surface area contributed by atoms with Crippen LogP contribution < -0.4 is 10.2 Å². The first kappa shape index (κ1) is 21.0. The van der Waals surface area contributed by atoms with Gasteiger partial charge in [0.1, 0.15) is 5.75 Å². The third-order valence-electron chi connectivity index (χ3n) is 4.00. The number of carbonyl (C=O) groups is 1. The van der Waals surface area contributed by atoms with Crippen LogP contribution in [-0.2, 0) is 6.54 Å². The van der Waals surface area contributed by atoms with Crippen molar-refractivity contribution in [3.8, 4) is 11.5 Å². The van der Waals surface area contributed by atoms with E-state index in [-0.39, 0.29) is 17.0 Å². The number of phenols is 1. The molecule has 154 valence electrons. The molecular weight excluding hydrogens is 458 g/mol. The van der Waals surface area contributed by atoms with E-state index in [9.17, 15) is 20.0 Å². The van der Waals surface area contributed by atoms with Crippen molar-refractivity contribution >= 4 is 33.7 Å². The first-order chi connectivity index (χ1) is 14.4. The van der Waals surface area contributed by atoms with Crippen LogP contribution in [-0.4, -0.2) is 39.0 Å². The van der Waals surface area contributed by atoms with Gasteiger partial charge in [0.15, 0.2) is 5.69 Å². The number of benzene rings is 2. The number of nitro benzene ring substituents is 1. The Morgan fingerprint density at radius 1 is 1.40 bits per heavy atom. The molecule has 0 fully saturated rings. The third-order valence-corrected chi connectivity index (χ3v) is 4.50. The summed E-state index contributed by atoms with van der Waals surface area (Å²) in [5.41, 5.74) is 2.90. The summed E-state index contributed by atoms with van der Waals surface area (Å²) in [6.07, 6.45) is 2.75. The molecule has 0 bridgehead atoms. The van der Waals surface area contributed by atoms with Crippen LogP contribution in [0.3, 0.4) is 0 Å². The molecular formula is C19H16BrN5O5. The lowest BCUT2D eigenvalue weighted by atomic mass is 10.1. The summed E-state index contributed by atoms with van der Waals surface area (Å²) in [6.45, 7) is 0.483. The third kappa shape index (κ3) is 5.00. The second-order valence-corrected chi connectivity index (χ2v) is 6.98. The summed E-state index contributed by atoms with van der Waals surface area (Å²) in [5.74, 6) is -0.994. The fraction of sp³-hybridized carbons (Fsp3) is 0.105. The number of nitro groups is 1. The number of phenolic OH excluding ortho intramolecular Hbond substituents is 1. The van der Waals surface area contributed by atoms with Crippen molar-refractivity contribution in [3.05, 3.63) is 80.1 Å². The number of halogens is 1. The minimum Gasteiger partial charge on any atom is -0.502 e. The molecule has 0 atom stereocenters. The minimum atomic E-state index is -0.744. The summed E-state index contributed by atoms with van der Waals surface area (Å²) in [6, 6.07) is 11.7. The lowest BCUT2D eigenvalue weighted by Crippen LogP contribution is -2.18. The zero-order valence-electron chi connectivity index (χ0n) is 15.7. The zero-order chi connectivity index (χ0) is 21.7. The summed E-state index contributed by atoms with van der Waals surface area (Å²) in [4.78, 5) is 22.5. The second-order valence-electron chi connectivity index (χ2n) is 6.07. The van der Waals surface area contributed by atoms with Crippen molar-refractivity contribution in [2.45, 2.75) is 6.54 Å². The Hall–Kier alpha value is -3.73. The van der Waals surface area contributed by atoms with E-state index in [4.69, 9.17) is 4.74 Å². The van der Waals surface area contributed by atoms with Crippen LogP contribution in [0.1, 0.15) is 21.6 Å². The highest BCUT2D eigenvalue weighted by molar-refractivity contribution is 9.10. The van der Waals surface area contributed by atoms with Crippen molar-refractivity contribution < 1.29 is 19.6 Å². The Morgan fingerprint density at radius 3 is 2.90 bits per heavy atom. The van der Waals surface area contributed by atoms with Gasteiger partial charge in [0.05, 0.1) is 30.9 Å². The molecule has 0 radical (unpaired) electrons. The van der Waals surface area contributed by atoms with Crippen molar-refractivity contribution in [2.75, 3.05) is 7.11 Å². The molecule has 0 saturated heterocycles. The highest BCUT2D eigenvalue weighted by atomic mass is 79.9. The van der Waals surface area contributed by atoms with E-state index in [1.54, 1.807) is 10.9 Å². The number of amides is 1. The number of rotatable bonds is 7. The quantitative estimate of drug-likeness (QED) is 0.307. The average molecular weight is 474 g/mol. The Kier molecular flexibility index (Phi) is 6.42. The molecule has 0 spiro atoms. The Labute approximate surface area is 179 Å². The van der Waals surface area contributed by atoms with E-state index < -0.39 is 22.3 Å². The lowest BCUT2D eigenvalue weighted by molar-refractivity contribution is -0.385. The van der Waals surface area contributed by atoms with Gasteiger partial charge in [-0.25, -0.2) is 5.43 Å². The fourth-order valence-corrected chi connectivity index (χ4v) is 3.03. The van der Waals surface area contributed by atoms with Crippen LogP contribution in [0.5, 0.6) is 11.5 Å². The van der Waals surface area contributed by atoms with Crippen molar-refractivity contribution in [3.63, 3.8) is 0 Å². The molecule has 1 aromatic heterocycles. The van der Waals surface area contributed by atoms with Gasteiger partial charge in [-0.2, -0.15) is 10.2 Å². The van der Waals surface area contributed by atoms with Gasteiger partial charge in [0.2, 0.25) is 5.75 Å². The lowest BCUT2D eigenvalue weighted by Gasteiger charge is -2.04. The molecule has 1 heterocycles. The Morgan fingerprint density at radius 2 is 2.20 bits per heavy atom. The molecule has 30 heavy (non-hydrogen) atoms. The number of hydrazone groups is 1. The summed E-state index contributed by atoms with van der Waals surface area (Å²) in [5, 5.41) is 29.0. The number of nitrogens with zero attached hydrogens (tertiary/aromatic N) is 4. The maximum absolute atomic E-state index is 12.2. The highest BCUT2D eigenvalue weighted by Gasteiger charge is 2.19. The highest BCUT2D eigenvalue weighted by Crippen LogP contribution is 2.33. The molecule has 3 aromatic rings. The number of aromatic hydroxyl groups is 1. The Balaban J connectivity index is 1.69. The maximum Gasteiger partial charge on any atom is 0.315 e. The van der Waals surface area contributed by atoms with E-state index >= 15 is 0 Å². The summed E-state index contributed by atoms with van der Waals surface area (Å²) in [7, 11) is 1.34. The largest absolute Gasteiger partial charge is 0.502 e. The van der Waals surface area contributed by atoms with Crippen molar-refractivity contribution in [1.29, 1.82) is 0 Å². The molecule has 11 heteroatoms. The van der Waals surface area contributed by atoms with Crippen LogP contribution in [0.4, 0.5) is 5.69 Å². The predicted molar refractivity (Wildman–Crippen MR) is 112 cm³/mol. The van der Waals surface area contributed by atoms with Gasteiger partial charge in [-0.15, -0.1) is 0 Å². The number of hydrogen-bond acceptors (Lipinski definition) is 7. The minimum absolute atomic E-state index is 0.0153. The first-order valence-corrected chi connectivity index (χ1v) is 9.33. The van der Waals surface area contributed by atoms with Crippen LogP contribution in [0, 0.1) is 10.1 Å². The van der Waals surface area contributed by atoms with E-state index in [0.29, 0.717) is 6.54 Å². The normalized spacial score (nSPS) is 10.9. The Bertz CT molecular complexity index is 1130. The number of aromatic nitrogens is 2. The molecule has 1 amide bonds. The van der Waals surface area contributed by atoms with Gasteiger partial charge in [0.25, 0.3) is 5.91 Å². The van der Waals surface area contributed by atoms with Crippen LogP contribution in [0.25, 0.3) is 0 Å². The number of carbonyl (C=O) groups excluding carboxylic acids is 1. The first-order valence-electron chi connectivity index (χ1n) is 8.54. The van der Waals surface area contributed by atoms with E-state index in [0.717, 1.165) is 22.3 Å². The van der Waals surface area contributed by atoms with Crippen LogP contribution in [0.2, 0.25) is 0 Å². The van der Waals surface area contributed by atoms with Crippen LogP contribution in [0.15, 0.2) is 58.2 Å². The zero-order valence-corrected chi connectivity index (χ0v) is 17.2.